The Labute approximate surface area is 134 Å². The lowest BCUT2D eigenvalue weighted by Crippen LogP contribution is -2.62. The van der Waals surface area contributed by atoms with Crippen molar-refractivity contribution in [2.75, 3.05) is 0 Å². The van der Waals surface area contributed by atoms with Crippen molar-refractivity contribution in [1.82, 2.24) is 0 Å². The summed E-state index contributed by atoms with van der Waals surface area (Å²) in [4.78, 5) is 12.5. The molecule has 122 valence electrons. The van der Waals surface area contributed by atoms with Gasteiger partial charge in [0, 0.05) is 11.8 Å². The molecule has 0 radical (unpaired) electrons. The SMILES string of the molecule is CC1(C)[C@H](O)C(=O)C[C@]2(C)[C@@H]1CC[C@@]13C=C[C@@](C)(CC[C@H]12)C3. The Morgan fingerprint density at radius 3 is 2.45 bits per heavy atom. The molecule has 4 aliphatic rings. The predicted molar refractivity (Wildman–Crippen MR) is 87.3 cm³/mol. The maximum absolute atomic E-state index is 12.5. The van der Waals surface area contributed by atoms with Crippen LogP contribution in [0.15, 0.2) is 12.2 Å². The number of hydrogen-bond acceptors (Lipinski definition) is 2. The van der Waals surface area contributed by atoms with Crippen LogP contribution in [-0.4, -0.2) is 17.0 Å². The molecular formula is C20H30O2. The van der Waals surface area contributed by atoms with Gasteiger partial charge in [0.1, 0.15) is 6.10 Å². The minimum atomic E-state index is -0.771. The van der Waals surface area contributed by atoms with Crippen molar-refractivity contribution in [2.24, 2.45) is 33.5 Å². The van der Waals surface area contributed by atoms with E-state index in [1.54, 1.807) is 0 Å². The summed E-state index contributed by atoms with van der Waals surface area (Å²) in [5.74, 6) is 1.15. The van der Waals surface area contributed by atoms with Crippen LogP contribution >= 0.6 is 0 Å². The topological polar surface area (TPSA) is 37.3 Å². The monoisotopic (exact) mass is 302 g/mol. The van der Waals surface area contributed by atoms with Crippen LogP contribution in [0.2, 0.25) is 0 Å². The van der Waals surface area contributed by atoms with Crippen LogP contribution < -0.4 is 0 Å². The smallest absolute Gasteiger partial charge is 0.162 e. The van der Waals surface area contributed by atoms with Crippen molar-refractivity contribution in [3.05, 3.63) is 12.2 Å². The van der Waals surface area contributed by atoms with Crippen LogP contribution in [0.25, 0.3) is 0 Å². The summed E-state index contributed by atoms with van der Waals surface area (Å²) in [5.41, 5.74) is 0.507. The fourth-order valence-corrected chi connectivity index (χ4v) is 7.27. The molecule has 0 aromatic heterocycles. The van der Waals surface area contributed by atoms with Gasteiger partial charge in [0.25, 0.3) is 0 Å². The summed E-state index contributed by atoms with van der Waals surface area (Å²) in [6, 6.07) is 0. The van der Waals surface area contributed by atoms with Gasteiger partial charge < -0.3 is 5.11 Å². The average Bonchev–Trinajstić information content (AvgIpc) is 2.66. The number of aliphatic hydroxyl groups excluding tert-OH is 1. The highest BCUT2D eigenvalue weighted by Gasteiger charge is 2.65. The fraction of sp³-hybridized carbons (Fsp3) is 0.850. The van der Waals surface area contributed by atoms with Crippen molar-refractivity contribution in [3.8, 4) is 0 Å². The third kappa shape index (κ3) is 1.63. The van der Waals surface area contributed by atoms with Gasteiger partial charge in [0.05, 0.1) is 0 Å². The van der Waals surface area contributed by atoms with Gasteiger partial charge in [-0.3, -0.25) is 4.79 Å². The number of rotatable bonds is 0. The van der Waals surface area contributed by atoms with Gasteiger partial charge in [-0.15, -0.1) is 0 Å². The van der Waals surface area contributed by atoms with Crippen LogP contribution in [0.3, 0.4) is 0 Å². The molecule has 6 atom stereocenters. The van der Waals surface area contributed by atoms with Gasteiger partial charge in [0.2, 0.25) is 0 Å². The van der Waals surface area contributed by atoms with Crippen LogP contribution in [0, 0.1) is 33.5 Å². The van der Waals surface area contributed by atoms with E-state index in [1.807, 2.05) is 0 Å². The number of fused-ring (bicyclic) bond motifs is 3. The Morgan fingerprint density at radius 2 is 1.73 bits per heavy atom. The number of Topliss-reactive ketones (excluding diaryl/α,β-unsaturated/α-hetero) is 1. The summed E-state index contributed by atoms with van der Waals surface area (Å²) in [5, 5.41) is 10.5. The second-order valence-electron chi connectivity index (χ2n) is 9.95. The number of allylic oxidation sites excluding steroid dienone is 2. The molecule has 0 saturated heterocycles. The van der Waals surface area contributed by atoms with E-state index in [0.29, 0.717) is 29.1 Å². The minimum absolute atomic E-state index is 0.0636. The van der Waals surface area contributed by atoms with Crippen molar-refractivity contribution < 1.29 is 9.90 Å². The first-order chi connectivity index (χ1) is 10.1. The largest absolute Gasteiger partial charge is 0.385 e. The predicted octanol–water partition coefficient (Wildman–Crippen LogP) is 4.13. The Bertz CT molecular complexity index is 562. The van der Waals surface area contributed by atoms with Crippen LogP contribution in [-0.2, 0) is 4.79 Å². The highest BCUT2D eigenvalue weighted by Crippen LogP contribution is 2.71. The number of carbonyl (C=O) groups excluding carboxylic acids is 1. The van der Waals surface area contributed by atoms with E-state index < -0.39 is 6.10 Å². The van der Waals surface area contributed by atoms with Crippen LogP contribution in [0.1, 0.15) is 66.2 Å². The Morgan fingerprint density at radius 1 is 1.05 bits per heavy atom. The molecule has 2 nitrogen and oxygen atoms in total. The molecule has 0 unspecified atom stereocenters. The molecule has 0 aromatic carbocycles. The summed E-state index contributed by atoms with van der Waals surface area (Å²) in [6.45, 7) is 9.01. The maximum atomic E-state index is 12.5. The van der Waals surface area contributed by atoms with Gasteiger partial charge in [-0.25, -0.2) is 0 Å². The molecule has 2 heteroatoms. The van der Waals surface area contributed by atoms with Gasteiger partial charge in [-0.2, -0.15) is 0 Å². The summed E-state index contributed by atoms with van der Waals surface area (Å²) in [7, 11) is 0. The standard InChI is InChI=1S/C20H30O2/c1-17(2)14-6-8-20-10-9-18(3,12-20)7-5-15(20)19(14,4)11-13(21)16(17)22/h9-10,14-16,22H,5-8,11-12H2,1-4H3/t14-,15+,16-,18-,19-,20+/m1/s1. The van der Waals surface area contributed by atoms with Gasteiger partial charge in [0.15, 0.2) is 5.78 Å². The summed E-state index contributed by atoms with van der Waals surface area (Å²) >= 11 is 0. The zero-order valence-electron chi connectivity index (χ0n) is 14.5. The Kier molecular flexibility index (Phi) is 2.76. The average molecular weight is 302 g/mol. The highest BCUT2D eigenvalue weighted by atomic mass is 16.3. The number of hydrogen-bond donors (Lipinski definition) is 1. The van der Waals surface area contributed by atoms with Crippen molar-refractivity contribution >= 4 is 5.78 Å². The summed E-state index contributed by atoms with van der Waals surface area (Å²) < 4.78 is 0. The zero-order valence-corrected chi connectivity index (χ0v) is 14.5. The Balaban J connectivity index is 1.78. The van der Waals surface area contributed by atoms with Gasteiger partial charge >= 0.3 is 0 Å². The van der Waals surface area contributed by atoms with E-state index in [9.17, 15) is 9.90 Å². The van der Waals surface area contributed by atoms with Gasteiger partial charge in [-0.1, -0.05) is 39.8 Å². The number of ketones is 1. The molecule has 0 amide bonds. The van der Waals surface area contributed by atoms with E-state index in [0.717, 1.165) is 6.42 Å². The highest BCUT2D eigenvalue weighted by molar-refractivity contribution is 5.85. The van der Waals surface area contributed by atoms with E-state index in [1.165, 1.54) is 25.7 Å². The molecule has 3 saturated carbocycles. The first-order valence-electron chi connectivity index (χ1n) is 9.04. The normalized spacial score (nSPS) is 55.7. The minimum Gasteiger partial charge on any atom is -0.385 e. The molecule has 22 heavy (non-hydrogen) atoms. The quantitative estimate of drug-likeness (QED) is 0.683. The molecule has 1 spiro atoms. The first-order valence-corrected chi connectivity index (χ1v) is 9.04. The number of aliphatic hydroxyl groups is 1. The first kappa shape index (κ1) is 14.9. The number of carbonyl (C=O) groups is 1. The van der Waals surface area contributed by atoms with E-state index in [4.69, 9.17) is 0 Å². The molecule has 0 aromatic rings. The second-order valence-corrected chi connectivity index (χ2v) is 9.95. The van der Waals surface area contributed by atoms with Gasteiger partial charge in [-0.05, 0) is 60.2 Å². The second kappa shape index (κ2) is 4.06. The lowest BCUT2D eigenvalue weighted by molar-refractivity contribution is -0.184. The molecule has 0 aliphatic heterocycles. The lowest BCUT2D eigenvalue weighted by atomic mass is 9.40. The zero-order chi connectivity index (χ0) is 16.0. The molecular weight excluding hydrogens is 272 g/mol. The van der Waals surface area contributed by atoms with Crippen molar-refractivity contribution in [3.63, 3.8) is 0 Å². The Hall–Kier alpha value is -0.630. The third-order valence-corrected chi connectivity index (χ3v) is 8.20. The molecule has 1 N–H and O–H groups in total. The molecule has 0 heterocycles. The lowest BCUT2D eigenvalue weighted by Gasteiger charge is -2.64. The maximum Gasteiger partial charge on any atom is 0.162 e. The molecule has 4 aliphatic carbocycles. The van der Waals surface area contributed by atoms with Crippen molar-refractivity contribution in [1.29, 1.82) is 0 Å². The molecule has 4 rings (SSSR count). The van der Waals surface area contributed by atoms with Crippen LogP contribution in [0.5, 0.6) is 0 Å². The molecule has 3 fully saturated rings. The van der Waals surface area contributed by atoms with E-state index in [2.05, 4.69) is 39.8 Å². The van der Waals surface area contributed by atoms with E-state index in [-0.39, 0.29) is 16.6 Å². The third-order valence-electron chi connectivity index (χ3n) is 8.20. The van der Waals surface area contributed by atoms with Crippen molar-refractivity contribution in [2.45, 2.75) is 72.3 Å². The van der Waals surface area contributed by atoms with E-state index >= 15 is 0 Å². The summed E-state index contributed by atoms with van der Waals surface area (Å²) in [6.07, 6.45) is 11.0. The fourth-order valence-electron chi connectivity index (χ4n) is 7.27. The molecule has 2 bridgehead atoms. The van der Waals surface area contributed by atoms with Crippen LogP contribution in [0.4, 0.5) is 0 Å².